The molecule has 194 valence electrons. The van der Waals surface area contributed by atoms with Crippen LogP contribution in [0.15, 0.2) is 42.6 Å². The second kappa shape index (κ2) is 10.7. The number of pyridine rings is 1. The molecular formula is C24H25F3N2O6S. The van der Waals surface area contributed by atoms with Gasteiger partial charge in [0.15, 0.2) is 17.3 Å². The monoisotopic (exact) mass is 526 g/mol. The number of sulfonamides is 1. The molecule has 0 aliphatic rings. The molecule has 0 fully saturated rings. The lowest BCUT2D eigenvalue weighted by atomic mass is 9.99. The molecule has 0 aliphatic heterocycles. The van der Waals surface area contributed by atoms with Crippen molar-refractivity contribution < 1.29 is 40.6 Å². The fraction of sp³-hybridized carbons (Fsp3) is 0.333. The number of aromatic nitrogens is 1. The van der Waals surface area contributed by atoms with Crippen LogP contribution in [0.3, 0.4) is 0 Å². The molecule has 12 heteroatoms. The highest BCUT2D eigenvalue weighted by Gasteiger charge is 2.35. The Morgan fingerprint density at radius 3 is 2.28 bits per heavy atom. The summed E-state index contributed by atoms with van der Waals surface area (Å²) in [6.07, 6.45) is -3.76. The van der Waals surface area contributed by atoms with Gasteiger partial charge in [-0.15, -0.1) is 0 Å². The van der Waals surface area contributed by atoms with Crippen LogP contribution in [0, 0.1) is 0 Å². The van der Waals surface area contributed by atoms with Crippen LogP contribution in [0.2, 0.25) is 0 Å². The summed E-state index contributed by atoms with van der Waals surface area (Å²) in [5.74, 6) is -1.40. The molecule has 0 amide bonds. The molecule has 0 saturated carbocycles. The number of methoxy groups -OCH3 is 2. The molecule has 3 aromatic rings. The number of carbonyl (C=O) groups is 1. The van der Waals surface area contributed by atoms with E-state index in [9.17, 15) is 26.4 Å². The first kappa shape index (κ1) is 27.2. The van der Waals surface area contributed by atoms with E-state index in [0.29, 0.717) is 22.1 Å². The van der Waals surface area contributed by atoms with Gasteiger partial charge < -0.3 is 14.2 Å². The third-order valence-corrected chi connectivity index (χ3v) is 6.29. The summed E-state index contributed by atoms with van der Waals surface area (Å²) in [4.78, 5) is 17.6. The van der Waals surface area contributed by atoms with Gasteiger partial charge in [0.2, 0.25) is 15.8 Å². The van der Waals surface area contributed by atoms with E-state index >= 15 is 0 Å². The van der Waals surface area contributed by atoms with E-state index in [0.717, 1.165) is 0 Å². The molecule has 0 bridgehead atoms. The predicted octanol–water partition coefficient (Wildman–Crippen LogP) is 4.25. The number of carbonyl (C=O) groups excluding carboxylic acids is 1. The van der Waals surface area contributed by atoms with Crippen LogP contribution in [0.5, 0.6) is 17.2 Å². The molecule has 0 aliphatic carbocycles. The van der Waals surface area contributed by atoms with E-state index < -0.39 is 34.3 Å². The number of ketones is 1. The van der Waals surface area contributed by atoms with Crippen molar-refractivity contribution in [2.45, 2.75) is 32.7 Å². The second-order valence-corrected chi connectivity index (χ2v) is 9.91. The van der Waals surface area contributed by atoms with Gasteiger partial charge in [-0.3, -0.25) is 9.78 Å². The number of hydrogen-bond acceptors (Lipinski definition) is 7. The molecule has 1 aromatic heterocycles. The summed E-state index contributed by atoms with van der Waals surface area (Å²) in [6.45, 7) is 3.22. The lowest BCUT2D eigenvalue weighted by Gasteiger charge is -2.15. The van der Waals surface area contributed by atoms with E-state index in [2.05, 4.69) is 4.98 Å². The van der Waals surface area contributed by atoms with Crippen molar-refractivity contribution in [3.8, 4) is 17.2 Å². The minimum absolute atomic E-state index is 0.0366. The topological polar surface area (TPSA) is 104 Å². The minimum Gasteiger partial charge on any atom is -0.493 e. The first-order valence-electron chi connectivity index (χ1n) is 10.7. The van der Waals surface area contributed by atoms with Crippen molar-refractivity contribution in [3.63, 3.8) is 0 Å². The average molecular weight is 527 g/mol. The highest BCUT2D eigenvalue weighted by molar-refractivity contribution is 7.89. The normalized spacial score (nSPS) is 12.1. The third-order valence-electron chi connectivity index (χ3n) is 4.99. The molecule has 1 N–H and O–H groups in total. The van der Waals surface area contributed by atoms with Crippen LogP contribution in [-0.4, -0.2) is 51.4 Å². The van der Waals surface area contributed by atoms with E-state index in [1.54, 1.807) is 24.3 Å². The Morgan fingerprint density at radius 2 is 1.69 bits per heavy atom. The van der Waals surface area contributed by atoms with E-state index in [1.165, 1.54) is 32.5 Å². The largest absolute Gasteiger partial charge is 0.493 e. The number of fused-ring (bicyclic) bond motifs is 1. The number of ether oxygens (including phenoxy) is 3. The van der Waals surface area contributed by atoms with Gasteiger partial charge in [0.1, 0.15) is 11.4 Å². The van der Waals surface area contributed by atoms with Crippen LogP contribution in [0.25, 0.3) is 10.8 Å². The molecule has 2 aromatic carbocycles. The van der Waals surface area contributed by atoms with E-state index in [4.69, 9.17) is 14.2 Å². The molecule has 8 nitrogen and oxygen atoms in total. The maximum absolute atomic E-state index is 13.4. The van der Waals surface area contributed by atoms with E-state index in [1.807, 2.05) is 18.6 Å². The number of alkyl halides is 3. The lowest BCUT2D eigenvalue weighted by molar-refractivity contribution is -0.106. The molecule has 3 rings (SSSR count). The zero-order valence-corrected chi connectivity index (χ0v) is 20.8. The smallest absolute Gasteiger partial charge is 0.404 e. The minimum atomic E-state index is -4.90. The molecule has 0 saturated heterocycles. The Kier molecular flexibility index (Phi) is 8.09. The molecule has 36 heavy (non-hydrogen) atoms. The number of halogens is 3. The van der Waals surface area contributed by atoms with Crippen molar-refractivity contribution in [2.24, 2.45) is 0 Å². The Balaban J connectivity index is 2.09. The second-order valence-electron chi connectivity index (χ2n) is 8.10. The predicted molar refractivity (Wildman–Crippen MR) is 127 cm³/mol. The summed E-state index contributed by atoms with van der Waals surface area (Å²) < 4.78 is 79.8. The van der Waals surface area contributed by atoms with Crippen LogP contribution in [-0.2, 0) is 16.6 Å². The third kappa shape index (κ3) is 6.64. The van der Waals surface area contributed by atoms with Crippen LogP contribution in [0.4, 0.5) is 13.2 Å². The van der Waals surface area contributed by atoms with Gasteiger partial charge in [0.25, 0.3) is 0 Å². The first-order chi connectivity index (χ1) is 16.8. The zero-order chi connectivity index (χ0) is 26.7. The van der Waals surface area contributed by atoms with Crippen LogP contribution < -0.4 is 18.9 Å². The maximum Gasteiger partial charge on any atom is 0.404 e. The van der Waals surface area contributed by atoms with Gasteiger partial charge in [-0.2, -0.15) is 13.2 Å². The Hall–Kier alpha value is -3.38. The molecule has 1 heterocycles. The molecule has 0 spiro atoms. The van der Waals surface area contributed by atoms with E-state index in [-0.39, 0.29) is 28.9 Å². The van der Waals surface area contributed by atoms with Gasteiger partial charge in [-0.1, -0.05) is 12.1 Å². The Bertz CT molecular complexity index is 1370. The number of nitrogens with one attached hydrogen (secondary N) is 1. The number of hydrogen-bond donors (Lipinski definition) is 1. The number of benzene rings is 2. The molecule has 0 atom stereocenters. The maximum atomic E-state index is 13.4. The van der Waals surface area contributed by atoms with Gasteiger partial charge in [-0.05, 0) is 49.1 Å². The van der Waals surface area contributed by atoms with Gasteiger partial charge >= 0.3 is 6.18 Å². The summed E-state index contributed by atoms with van der Waals surface area (Å²) >= 11 is 0. The fourth-order valence-electron chi connectivity index (χ4n) is 3.52. The van der Waals surface area contributed by atoms with Crippen molar-refractivity contribution in [3.05, 3.63) is 59.4 Å². The molecular weight excluding hydrogens is 501 g/mol. The number of rotatable bonds is 10. The van der Waals surface area contributed by atoms with Gasteiger partial charge in [0, 0.05) is 23.7 Å². The fourth-order valence-corrected chi connectivity index (χ4v) is 4.43. The number of nitrogens with zero attached hydrogens (tertiary/aromatic N) is 1. The quantitative estimate of drug-likeness (QED) is 0.394. The summed E-state index contributed by atoms with van der Waals surface area (Å²) in [7, 11) is -1.86. The van der Waals surface area contributed by atoms with Gasteiger partial charge in [-0.25, -0.2) is 13.1 Å². The van der Waals surface area contributed by atoms with Crippen molar-refractivity contribution in [2.75, 3.05) is 20.0 Å². The van der Waals surface area contributed by atoms with Crippen LogP contribution in [0.1, 0.15) is 35.5 Å². The summed E-state index contributed by atoms with van der Waals surface area (Å²) in [6, 6.07) is 9.58. The molecule has 0 radical (unpaired) electrons. The first-order valence-corrected chi connectivity index (χ1v) is 12.4. The zero-order valence-electron chi connectivity index (χ0n) is 20.0. The summed E-state index contributed by atoms with van der Waals surface area (Å²) in [5, 5.41) is 0.663. The average Bonchev–Trinajstić information content (AvgIpc) is 2.79. The Morgan fingerprint density at radius 1 is 1.06 bits per heavy atom. The Labute approximate surface area is 206 Å². The van der Waals surface area contributed by atoms with Crippen molar-refractivity contribution in [1.29, 1.82) is 0 Å². The SMILES string of the molecule is COc1cc2c(CNS(=O)(=O)CC(F)(F)F)cnc(C(=O)c3cccc(OC(C)C)c3)c2cc1OC. The van der Waals surface area contributed by atoms with Gasteiger partial charge in [0.05, 0.1) is 20.3 Å². The molecule has 0 unspecified atom stereocenters. The van der Waals surface area contributed by atoms with Crippen molar-refractivity contribution >= 4 is 26.6 Å². The standard InChI is InChI=1S/C24H25F3N2O6S/c1-14(2)35-17-7-5-6-15(8-17)23(30)22-19-10-21(34-4)20(33-3)9-18(19)16(11-28-22)12-29-36(31,32)13-24(25,26)27/h5-11,14,29H,12-13H2,1-4H3. The lowest BCUT2D eigenvalue weighted by Crippen LogP contribution is -2.33. The summed E-state index contributed by atoms with van der Waals surface area (Å²) in [5.41, 5.74) is 0.579. The highest BCUT2D eigenvalue weighted by atomic mass is 32.2. The van der Waals surface area contributed by atoms with Crippen molar-refractivity contribution in [1.82, 2.24) is 9.71 Å². The van der Waals surface area contributed by atoms with Crippen LogP contribution >= 0.6 is 0 Å². The highest BCUT2D eigenvalue weighted by Crippen LogP contribution is 2.35.